The van der Waals surface area contributed by atoms with Crippen LogP contribution in [-0.2, 0) is 11.8 Å². The Balaban J connectivity index is 1.71. The van der Waals surface area contributed by atoms with E-state index in [9.17, 15) is 14.7 Å². The maximum Gasteiger partial charge on any atom is 0.258 e. The fraction of sp³-hybridized carbons (Fsp3) is 0.552. The first-order valence-electron chi connectivity index (χ1n) is 13.1. The van der Waals surface area contributed by atoms with E-state index in [1.54, 1.807) is 0 Å². The molecule has 7 heteroatoms. The molecule has 1 saturated carbocycles. The van der Waals surface area contributed by atoms with E-state index in [-0.39, 0.29) is 34.3 Å². The number of aromatic nitrogens is 3. The van der Waals surface area contributed by atoms with E-state index >= 15 is 0 Å². The van der Waals surface area contributed by atoms with Crippen LogP contribution < -0.4 is 10.9 Å². The number of hydrogen-bond acceptors (Lipinski definition) is 5. The third kappa shape index (κ3) is 4.49. The Bertz CT molecular complexity index is 1400. The van der Waals surface area contributed by atoms with Crippen LogP contribution in [0.3, 0.4) is 0 Å². The summed E-state index contributed by atoms with van der Waals surface area (Å²) in [6, 6.07) is 6.27. The molecule has 192 valence electrons. The maximum atomic E-state index is 13.4. The molecule has 5 rings (SSSR count). The molecule has 2 heterocycles. The minimum absolute atomic E-state index is 0.114. The Kier molecular flexibility index (Phi) is 5.90. The van der Waals surface area contributed by atoms with Gasteiger partial charge in [0.05, 0.1) is 34.1 Å². The van der Waals surface area contributed by atoms with Gasteiger partial charge in [0.25, 0.3) is 5.56 Å². The highest BCUT2D eigenvalue weighted by Gasteiger charge is 2.36. The molecular weight excluding hydrogens is 452 g/mol. The van der Waals surface area contributed by atoms with Crippen LogP contribution in [-0.4, -0.2) is 37.8 Å². The van der Waals surface area contributed by atoms with Gasteiger partial charge in [0.15, 0.2) is 5.78 Å². The Morgan fingerprint density at radius 1 is 1.08 bits per heavy atom. The van der Waals surface area contributed by atoms with E-state index in [1.807, 2.05) is 23.7 Å². The van der Waals surface area contributed by atoms with Crippen LogP contribution in [0.15, 0.2) is 23.0 Å². The number of benzene rings is 1. The van der Waals surface area contributed by atoms with E-state index in [0.29, 0.717) is 11.8 Å². The van der Waals surface area contributed by atoms with Crippen LogP contribution in [0, 0.1) is 12.3 Å². The molecule has 1 aromatic carbocycles. The SMILES string of the molecule is Cc1nn(-c2cc(NC3CCC(O)CC3)c3c(=O)[nH]c(C(C)(C)C)cc3c2)c2c1C(=O)CC(C)(C)C2. The lowest BCUT2D eigenvalue weighted by atomic mass is 9.75. The minimum Gasteiger partial charge on any atom is -0.393 e. The second kappa shape index (κ2) is 8.58. The number of aromatic amines is 1. The smallest absolute Gasteiger partial charge is 0.258 e. The molecule has 0 atom stereocenters. The number of pyridine rings is 1. The summed E-state index contributed by atoms with van der Waals surface area (Å²) in [6.45, 7) is 12.4. The van der Waals surface area contributed by atoms with Crippen LogP contribution in [0.5, 0.6) is 0 Å². The van der Waals surface area contributed by atoms with Gasteiger partial charge >= 0.3 is 0 Å². The summed E-state index contributed by atoms with van der Waals surface area (Å²) in [5, 5.41) is 19.9. The molecule has 36 heavy (non-hydrogen) atoms. The lowest BCUT2D eigenvalue weighted by Crippen LogP contribution is -2.29. The summed E-state index contributed by atoms with van der Waals surface area (Å²) in [4.78, 5) is 29.5. The number of H-pyrrole nitrogens is 1. The number of carbonyl (C=O) groups excluding carboxylic acids is 1. The van der Waals surface area contributed by atoms with Crippen molar-refractivity contribution in [3.8, 4) is 5.69 Å². The molecule has 2 aromatic heterocycles. The summed E-state index contributed by atoms with van der Waals surface area (Å²) < 4.78 is 1.91. The monoisotopic (exact) mass is 490 g/mol. The van der Waals surface area contributed by atoms with Gasteiger partial charge in [0.1, 0.15) is 0 Å². The van der Waals surface area contributed by atoms with Crippen LogP contribution in [0.25, 0.3) is 16.5 Å². The third-order valence-electron chi connectivity index (χ3n) is 7.76. The van der Waals surface area contributed by atoms with Crippen LogP contribution in [0.2, 0.25) is 0 Å². The number of fused-ring (bicyclic) bond motifs is 2. The molecule has 0 saturated heterocycles. The number of aliphatic hydroxyl groups is 1. The van der Waals surface area contributed by atoms with E-state index in [0.717, 1.165) is 71.5 Å². The summed E-state index contributed by atoms with van der Waals surface area (Å²) in [5.74, 6) is 0.149. The normalized spacial score (nSPS) is 22.0. The first-order chi connectivity index (χ1) is 16.8. The number of carbonyl (C=O) groups is 1. The van der Waals surface area contributed by atoms with Crippen molar-refractivity contribution in [2.75, 3.05) is 5.32 Å². The summed E-state index contributed by atoms with van der Waals surface area (Å²) in [7, 11) is 0. The zero-order valence-electron chi connectivity index (χ0n) is 22.3. The van der Waals surface area contributed by atoms with Crippen molar-refractivity contribution in [3.63, 3.8) is 0 Å². The lowest BCUT2D eigenvalue weighted by molar-refractivity contribution is 0.0910. The highest BCUT2D eigenvalue weighted by Crippen LogP contribution is 2.38. The van der Waals surface area contributed by atoms with Gasteiger partial charge in [-0.1, -0.05) is 34.6 Å². The maximum absolute atomic E-state index is 13.4. The molecule has 0 unspecified atom stereocenters. The standard InChI is InChI=1S/C29H38N4O3/c1-16-25-22(14-29(5,6)15-23(25)35)33(32-16)19-11-17-12-24(28(2,3)4)31-27(36)26(17)21(13-19)30-18-7-9-20(34)10-8-18/h11-13,18,20,30,34H,7-10,14-15H2,1-6H3,(H,31,36). The van der Waals surface area contributed by atoms with Crippen molar-refractivity contribution in [2.45, 2.75) is 97.6 Å². The predicted octanol–water partition coefficient (Wildman–Crippen LogP) is 5.19. The second-order valence-electron chi connectivity index (χ2n) is 12.6. The number of nitrogens with zero attached hydrogens (tertiary/aromatic N) is 2. The number of anilines is 1. The Morgan fingerprint density at radius 2 is 1.78 bits per heavy atom. The van der Waals surface area contributed by atoms with Crippen molar-refractivity contribution < 1.29 is 9.90 Å². The van der Waals surface area contributed by atoms with Gasteiger partial charge in [-0.05, 0) is 68.0 Å². The average Bonchev–Trinajstić information content (AvgIpc) is 3.09. The number of ketones is 1. The Morgan fingerprint density at radius 3 is 2.44 bits per heavy atom. The van der Waals surface area contributed by atoms with E-state index in [2.05, 4.69) is 51.0 Å². The number of nitrogens with one attached hydrogen (secondary N) is 2. The Labute approximate surface area is 212 Å². The van der Waals surface area contributed by atoms with Gasteiger partial charge < -0.3 is 15.4 Å². The molecule has 0 radical (unpaired) electrons. The van der Waals surface area contributed by atoms with Crippen molar-refractivity contribution >= 4 is 22.2 Å². The van der Waals surface area contributed by atoms with Crippen molar-refractivity contribution in [1.82, 2.24) is 14.8 Å². The number of aliphatic hydroxyl groups excluding tert-OH is 1. The fourth-order valence-electron chi connectivity index (χ4n) is 5.83. The Hall–Kier alpha value is -2.93. The number of Topliss-reactive ketones (excluding diaryl/α,β-unsaturated/α-hetero) is 1. The van der Waals surface area contributed by atoms with E-state index in [4.69, 9.17) is 5.10 Å². The molecule has 3 N–H and O–H groups in total. The van der Waals surface area contributed by atoms with Crippen LogP contribution in [0.1, 0.15) is 94.2 Å². The molecular formula is C29H38N4O3. The number of rotatable bonds is 3. The molecule has 3 aromatic rings. The van der Waals surface area contributed by atoms with Crippen LogP contribution in [0.4, 0.5) is 5.69 Å². The highest BCUT2D eigenvalue weighted by molar-refractivity contribution is 6.00. The number of hydrogen-bond donors (Lipinski definition) is 3. The van der Waals surface area contributed by atoms with Gasteiger partial charge in [-0.2, -0.15) is 5.10 Å². The average molecular weight is 491 g/mol. The number of aryl methyl sites for hydroxylation is 1. The molecule has 0 bridgehead atoms. The molecule has 0 amide bonds. The molecule has 7 nitrogen and oxygen atoms in total. The molecule has 1 fully saturated rings. The van der Waals surface area contributed by atoms with Gasteiger partial charge in [-0.3, -0.25) is 9.59 Å². The van der Waals surface area contributed by atoms with Gasteiger partial charge in [-0.15, -0.1) is 0 Å². The molecule has 2 aliphatic carbocycles. The zero-order valence-corrected chi connectivity index (χ0v) is 22.3. The van der Waals surface area contributed by atoms with Crippen molar-refractivity contribution in [3.05, 3.63) is 51.2 Å². The van der Waals surface area contributed by atoms with Crippen molar-refractivity contribution in [1.29, 1.82) is 0 Å². The molecule has 0 aliphatic heterocycles. The van der Waals surface area contributed by atoms with Gasteiger partial charge in [0.2, 0.25) is 0 Å². The highest BCUT2D eigenvalue weighted by atomic mass is 16.3. The van der Waals surface area contributed by atoms with Crippen LogP contribution >= 0.6 is 0 Å². The molecule has 2 aliphatic rings. The summed E-state index contributed by atoms with van der Waals surface area (Å²) >= 11 is 0. The fourth-order valence-corrected chi connectivity index (χ4v) is 5.83. The first-order valence-corrected chi connectivity index (χ1v) is 13.1. The zero-order chi connectivity index (χ0) is 26.0. The predicted molar refractivity (Wildman–Crippen MR) is 143 cm³/mol. The van der Waals surface area contributed by atoms with Gasteiger partial charge in [-0.25, -0.2) is 4.68 Å². The first kappa shape index (κ1) is 24.8. The third-order valence-corrected chi connectivity index (χ3v) is 7.76. The second-order valence-corrected chi connectivity index (χ2v) is 12.6. The largest absolute Gasteiger partial charge is 0.393 e. The summed E-state index contributed by atoms with van der Waals surface area (Å²) in [5.41, 5.74) is 4.47. The van der Waals surface area contributed by atoms with E-state index < -0.39 is 0 Å². The van der Waals surface area contributed by atoms with Crippen molar-refractivity contribution in [2.24, 2.45) is 5.41 Å². The van der Waals surface area contributed by atoms with E-state index in [1.165, 1.54) is 0 Å². The minimum atomic E-state index is -0.247. The van der Waals surface area contributed by atoms with Gasteiger partial charge in [0, 0.05) is 29.3 Å². The topological polar surface area (TPSA) is 100 Å². The molecule has 0 spiro atoms. The lowest BCUT2D eigenvalue weighted by Gasteiger charge is -2.29. The summed E-state index contributed by atoms with van der Waals surface area (Å²) in [6.07, 6.45) is 4.25. The quantitative estimate of drug-likeness (QED) is 0.469.